The number of likely N-dealkylation sites (tertiary alicyclic amines) is 2. The highest BCUT2D eigenvalue weighted by molar-refractivity contribution is 5.91. The molecule has 1 atom stereocenters. The number of anilines is 1. The van der Waals surface area contributed by atoms with Crippen molar-refractivity contribution in [1.29, 1.82) is 0 Å². The van der Waals surface area contributed by atoms with Crippen LogP contribution in [0.15, 0.2) is 36.4 Å². The summed E-state index contributed by atoms with van der Waals surface area (Å²) in [7, 11) is 0. The molecule has 9 heteroatoms. The smallest absolute Gasteiger partial charge is 0.322 e. The number of urea groups is 1. The second-order valence-corrected chi connectivity index (χ2v) is 13.9. The number of aryl methyl sites for hydroxylation is 2. The van der Waals surface area contributed by atoms with Crippen molar-refractivity contribution in [3.63, 3.8) is 0 Å². The molecule has 4 aliphatic rings. The van der Waals surface area contributed by atoms with Crippen molar-refractivity contribution in [2.45, 2.75) is 77.7 Å². The molecule has 46 heavy (non-hydrogen) atoms. The van der Waals surface area contributed by atoms with Gasteiger partial charge in [-0.3, -0.25) is 9.59 Å². The van der Waals surface area contributed by atoms with Crippen LogP contribution >= 0.6 is 0 Å². The van der Waals surface area contributed by atoms with E-state index >= 15 is 0 Å². The summed E-state index contributed by atoms with van der Waals surface area (Å²) in [6.07, 6.45) is 7.15. The number of fused-ring (bicyclic) bond motifs is 1. The zero-order valence-electron chi connectivity index (χ0n) is 27.5. The summed E-state index contributed by atoms with van der Waals surface area (Å²) in [5.41, 5.74) is 4.57. The topological polar surface area (TPSA) is 102 Å². The molecule has 9 nitrogen and oxygen atoms in total. The lowest BCUT2D eigenvalue weighted by atomic mass is 9.79. The Labute approximate surface area is 273 Å². The number of carbonyl (C=O) groups excluding carboxylic acids is 3. The van der Waals surface area contributed by atoms with E-state index in [1.165, 1.54) is 0 Å². The summed E-state index contributed by atoms with van der Waals surface area (Å²) < 4.78 is 5.57. The fourth-order valence-corrected chi connectivity index (χ4v) is 8.24. The van der Waals surface area contributed by atoms with Gasteiger partial charge in [-0.25, -0.2) is 4.79 Å². The highest BCUT2D eigenvalue weighted by Gasteiger charge is 2.36. The van der Waals surface area contributed by atoms with Gasteiger partial charge in [0.05, 0.1) is 5.92 Å². The quantitative estimate of drug-likeness (QED) is 0.432. The minimum absolute atomic E-state index is 0.00818. The lowest BCUT2D eigenvalue weighted by molar-refractivity contribution is -0.143. The molecular weight excluding hydrogens is 580 g/mol. The first kappa shape index (κ1) is 32.4. The van der Waals surface area contributed by atoms with Gasteiger partial charge < -0.3 is 29.9 Å². The Kier molecular flexibility index (Phi) is 10.2. The Hall–Kier alpha value is -3.59. The molecule has 3 saturated heterocycles. The van der Waals surface area contributed by atoms with E-state index in [-0.39, 0.29) is 36.1 Å². The molecule has 0 saturated carbocycles. The van der Waals surface area contributed by atoms with E-state index in [2.05, 4.69) is 11.4 Å². The molecule has 0 radical (unpaired) electrons. The summed E-state index contributed by atoms with van der Waals surface area (Å²) in [5.74, 6) is 1.22. The van der Waals surface area contributed by atoms with Crippen LogP contribution in [-0.4, -0.2) is 89.6 Å². The van der Waals surface area contributed by atoms with Crippen molar-refractivity contribution < 1.29 is 24.2 Å². The highest BCUT2D eigenvalue weighted by Crippen LogP contribution is 2.33. The minimum Gasteiger partial charge on any atom is -0.507 e. The van der Waals surface area contributed by atoms with Crippen LogP contribution in [0.1, 0.15) is 67.2 Å². The van der Waals surface area contributed by atoms with Crippen molar-refractivity contribution in [1.82, 2.24) is 14.7 Å². The van der Waals surface area contributed by atoms with Gasteiger partial charge in [0.15, 0.2) is 0 Å². The number of nitrogens with zero attached hydrogens (tertiary/aromatic N) is 3. The third-order valence-electron chi connectivity index (χ3n) is 11.0. The first-order chi connectivity index (χ1) is 22.3. The van der Waals surface area contributed by atoms with E-state index in [1.807, 2.05) is 58.9 Å². The number of phenols is 1. The van der Waals surface area contributed by atoms with E-state index in [1.54, 1.807) is 0 Å². The van der Waals surface area contributed by atoms with Gasteiger partial charge in [0.1, 0.15) is 5.75 Å². The summed E-state index contributed by atoms with van der Waals surface area (Å²) >= 11 is 0. The second-order valence-electron chi connectivity index (χ2n) is 13.9. The number of piperidine rings is 2. The Bertz CT molecular complexity index is 1380. The predicted molar refractivity (Wildman–Crippen MR) is 178 cm³/mol. The van der Waals surface area contributed by atoms with Crippen LogP contribution in [0.3, 0.4) is 0 Å². The molecule has 4 aliphatic heterocycles. The molecule has 6 rings (SSSR count). The summed E-state index contributed by atoms with van der Waals surface area (Å²) in [6.45, 7) is 8.74. The van der Waals surface area contributed by atoms with Gasteiger partial charge in [-0.1, -0.05) is 30.3 Å². The maximum Gasteiger partial charge on any atom is 0.322 e. The molecule has 0 spiro atoms. The van der Waals surface area contributed by atoms with Gasteiger partial charge in [-0.15, -0.1) is 0 Å². The number of phenolic OH excluding ortho intramolecular Hbond substituents is 1. The normalized spacial score (nSPS) is 21.0. The number of aromatic hydroxyl groups is 1. The van der Waals surface area contributed by atoms with Crippen molar-refractivity contribution in [3.05, 3.63) is 58.7 Å². The molecule has 4 amide bonds. The number of ether oxygens (including phenoxy) is 1. The van der Waals surface area contributed by atoms with Crippen molar-refractivity contribution in [2.75, 3.05) is 51.3 Å². The van der Waals surface area contributed by atoms with E-state index in [0.717, 1.165) is 99.2 Å². The zero-order valence-corrected chi connectivity index (χ0v) is 27.5. The highest BCUT2D eigenvalue weighted by atomic mass is 16.5. The average molecular weight is 631 g/mol. The third-order valence-corrected chi connectivity index (χ3v) is 11.0. The van der Waals surface area contributed by atoms with E-state index in [0.29, 0.717) is 37.9 Å². The SMILES string of the molecule is Cc1cc(C[C@@H](CC(=O)N2CCC(N3CCc4ccccc4NC3=O)CC2)C(=O)N2CCC(C3CCOCC3)CC2)cc(C)c1O. The van der Waals surface area contributed by atoms with Crippen LogP contribution in [0, 0.1) is 31.6 Å². The van der Waals surface area contributed by atoms with E-state index in [4.69, 9.17) is 4.74 Å². The molecule has 4 heterocycles. The molecular formula is C37H50N4O5. The van der Waals surface area contributed by atoms with E-state index in [9.17, 15) is 19.5 Å². The number of para-hydroxylation sites is 1. The number of rotatable bonds is 7. The van der Waals surface area contributed by atoms with Gasteiger partial charge in [-0.2, -0.15) is 0 Å². The number of benzene rings is 2. The number of amides is 4. The second kappa shape index (κ2) is 14.4. The van der Waals surface area contributed by atoms with Crippen LogP contribution in [0.5, 0.6) is 5.75 Å². The van der Waals surface area contributed by atoms with Crippen LogP contribution < -0.4 is 5.32 Å². The third kappa shape index (κ3) is 7.35. The first-order valence-electron chi connectivity index (χ1n) is 17.4. The zero-order chi connectivity index (χ0) is 32.2. The minimum atomic E-state index is -0.455. The molecule has 248 valence electrons. The monoisotopic (exact) mass is 630 g/mol. The van der Waals surface area contributed by atoms with Crippen LogP contribution in [0.4, 0.5) is 10.5 Å². The van der Waals surface area contributed by atoms with E-state index < -0.39 is 5.92 Å². The Balaban J connectivity index is 1.09. The van der Waals surface area contributed by atoms with Crippen molar-refractivity contribution in [3.8, 4) is 5.75 Å². The largest absolute Gasteiger partial charge is 0.507 e. The van der Waals surface area contributed by atoms with Gasteiger partial charge in [0.25, 0.3) is 0 Å². The molecule has 3 fully saturated rings. The Morgan fingerprint density at radius 1 is 0.891 bits per heavy atom. The molecule has 0 aliphatic carbocycles. The van der Waals surface area contributed by atoms with Gasteiger partial charge in [0.2, 0.25) is 11.8 Å². The van der Waals surface area contributed by atoms with Crippen molar-refractivity contribution in [2.24, 2.45) is 17.8 Å². The molecule has 0 unspecified atom stereocenters. The summed E-state index contributed by atoms with van der Waals surface area (Å²) in [4.78, 5) is 46.8. The van der Waals surface area contributed by atoms with Crippen LogP contribution in [-0.2, 0) is 27.2 Å². The maximum absolute atomic E-state index is 14.1. The molecule has 2 N–H and O–H groups in total. The lowest BCUT2D eigenvalue weighted by Crippen LogP contribution is -2.50. The van der Waals surface area contributed by atoms with Crippen LogP contribution in [0.2, 0.25) is 0 Å². The Morgan fingerprint density at radius 3 is 2.22 bits per heavy atom. The number of carbonyl (C=O) groups is 3. The summed E-state index contributed by atoms with van der Waals surface area (Å²) in [5, 5.41) is 13.4. The van der Waals surface area contributed by atoms with Crippen LogP contribution in [0.25, 0.3) is 0 Å². The lowest BCUT2D eigenvalue weighted by Gasteiger charge is -2.39. The number of hydrogen-bond acceptors (Lipinski definition) is 5. The fourth-order valence-electron chi connectivity index (χ4n) is 8.24. The average Bonchev–Trinajstić information content (AvgIpc) is 3.25. The first-order valence-corrected chi connectivity index (χ1v) is 17.4. The number of hydrogen-bond donors (Lipinski definition) is 2. The van der Waals surface area contributed by atoms with Crippen molar-refractivity contribution >= 4 is 23.5 Å². The van der Waals surface area contributed by atoms with Gasteiger partial charge in [0, 0.05) is 64.1 Å². The maximum atomic E-state index is 14.1. The van der Waals surface area contributed by atoms with Gasteiger partial charge >= 0.3 is 6.03 Å². The fraction of sp³-hybridized carbons (Fsp3) is 0.595. The molecule has 2 aromatic carbocycles. The Morgan fingerprint density at radius 2 is 1.52 bits per heavy atom. The predicted octanol–water partition coefficient (Wildman–Crippen LogP) is 5.30. The molecule has 0 bridgehead atoms. The molecule has 2 aromatic rings. The standard InChI is InChI=1S/C37H50N4O5/c1-25-21-27(22-26(2)35(25)43)23-31(36(44)40-14-7-28(8-15-40)29-12-19-46-20-13-29)24-34(42)39-16-10-32(11-17-39)41-18-9-30-5-3-4-6-33(30)38-37(41)45/h3-6,21-22,28-29,31-32,43H,7-20,23-24H2,1-2H3,(H,38,45)/t31-/m0/s1. The molecule has 0 aromatic heterocycles. The van der Waals surface area contributed by atoms with Gasteiger partial charge in [-0.05, 0) is 105 Å². The number of nitrogens with one attached hydrogen (secondary N) is 1. The summed E-state index contributed by atoms with van der Waals surface area (Å²) in [6, 6.07) is 11.9.